The minimum atomic E-state index is -0.907. The maximum atomic E-state index is 11.2. The van der Waals surface area contributed by atoms with Crippen LogP contribution in [0, 0.1) is 0 Å². The quantitative estimate of drug-likeness (QED) is 0.210. The highest BCUT2D eigenvalue weighted by molar-refractivity contribution is 5.69. The van der Waals surface area contributed by atoms with Gasteiger partial charge in [-0.15, -0.1) is 0 Å². The lowest BCUT2D eigenvalue weighted by molar-refractivity contribution is -0.146. The van der Waals surface area contributed by atoms with Crippen LogP contribution in [0.15, 0.2) is 5.11 Å². The fourth-order valence-corrected chi connectivity index (χ4v) is 1.32. The van der Waals surface area contributed by atoms with E-state index in [1.165, 1.54) is 12.8 Å². The predicted octanol–water partition coefficient (Wildman–Crippen LogP) is 2.56. The van der Waals surface area contributed by atoms with Crippen molar-refractivity contribution in [3.63, 3.8) is 0 Å². The molecule has 0 rings (SSSR count). The number of azide groups is 1. The van der Waals surface area contributed by atoms with Crippen LogP contribution in [0.2, 0.25) is 0 Å². The molecule has 17 heavy (non-hydrogen) atoms. The Labute approximate surface area is 102 Å². The molecule has 0 spiro atoms. The van der Waals surface area contributed by atoms with Crippen LogP contribution in [0.3, 0.4) is 0 Å². The van der Waals surface area contributed by atoms with Crippen LogP contribution in [-0.2, 0) is 9.53 Å². The molecule has 1 atom stereocenters. The Morgan fingerprint density at radius 3 is 2.76 bits per heavy atom. The van der Waals surface area contributed by atoms with Gasteiger partial charge in [0.1, 0.15) is 6.61 Å². The predicted molar refractivity (Wildman–Crippen MR) is 64.4 cm³/mol. The van der Waals surface area contributed by atoms with Gasteiger partial charge in [0.15, 0.2) is 0 Å². The Kier molecular flexibility index (Phi) is 10.4. The van der Waals surface area contributed by atoms with Crippen molar-refractivity contribution in [1.29, 1.82) is 0 Å². The van der Waals surface area contributed by atoms with E-state index in [4.69, 9.17) is 10.3 Å². The summed E-state index contributed by atoms with van der Waals surface area (Å²) >= 11 is 0. The highest BCUT2D eigenvalue weighted by Gasteiger charge is 2.07. The van der Waals surface area contributed by atoms with Crippen molar-refractivity contribution in [2.24, 2.45) is 5.11 Å². The molecular formula is C11H21N3O3. The minimum absolute atomic E-state index is 0.0692. The van der Waals surface area contributed by atoms with E-state index in [0.29, 0.717) is 6.42 Å². The number of carbonyl (C=O) groups excluding carboxylic acids is 1. The van der Waals surface area contributed by atoms with E-state index in [-0.39, 0.29) is 19.1 Å². The van der Waals surface area contributed by atoms with E-state index in [2.05, 4.69) is 16.9 Å². The molecule has 6 nitrogen and oxygen atoms in total. The Balaban J connectivity index is 3.42. The minimum Gasteiger partial charge on any atom is -0.463 e. The van der Waals surface area contributed by atoms with Crippen molar-refractivity contribution in [2.75, 3.05) is 13.2 Å². The monoisotopic (exact) mass is 243 g/mol. The van der Waals surface area contributed by atoms with E-state index < -0.39 is 6.10 Å². The number of nitrogens with zero attached hydrogens (tertiary/aromatic N) is 3. The van der Waals surface area contributed by atoms with E-state index in [0.717, 1.165) is 19.3 Å². The number of aliphatic hydroxyl groups excluding tert-OH is 1. The van der Waals surface area contributed by atoms with Gasteiger partial charge in [0.2, 0.25) is 0 Å². The van der Waals surface area contributed by atoms with Gasteiger partial charge < -0.3 is 9.84 Å². The molecule has 0 radical (unpaired) electrons. The van der Waals surface area contributed by atoms with Gasteiger partial charge >= 0.3 is 5.97 Å². The van der Waals surface area contributed by atoms with Crippen LogP contribution < -0.4 is 0 Å². The lowest BCUT2D eigenvalue weighted by atomic mass is 10.1. The molecule has 6 heteroatoms. The van der Waals surface area contributed by atoms with Crippen molar-refractivity contribution in [3.05, 3.63) is 10.4 Å². The van der Waals surface area contributed by atoms with E-state index >= 15 is 0 Å². The summed E-state index contributed by atoms with van der Waals surface area (Å²) in [4.78, 5) is 13.7. The first-order valence-electron chi connectivity index (χ1n) is 6.05. The van der Waals surface area contributed by atoms with Crippen molar-refractivity contribution < 1.29 is 14.6 Å². The zero-order valence-corrected chi connectivity index (χ0v) is 10.3. The van der Waals surface area contributed by atoms with Gasteiger partial charge in [-0.3, -0.25) is 4.79 Å². The third-order valence-corrected chi connectivity index (χ3v) is 2.28. The average Bonchev–Trinajstić information content (AvgIpc) is 2.33. The second kappa shape index (κ2) is 11.2. The zero-order chi connectivity index (χ0) is 12.9. The number of ether oxygens (including phenoxy) is 1. The van der Waals surface area contributed by atoms with Crippen LogP contribution in [0.25, 0.3) is 10.4 Å². The first-order valence-corrected chi connectivity index (χ1v) is 6.05. The van der Waals surface area contributed by atoms with Crippen molar-refractivity contribution in [1.82, 2.24) is 0 Å². The fourth-order valence-electron chi connectivity index (χ4n) is 1.32. The average molecular weight is 243 g/mol. The summed E-state index contributed by atoms with van der Waals surface area (Å²) in [6.07, 6.45) is 4.85. The van der Waals surface area contributed by atoms with Crippen molar-refractivity contribution >= 4 is 5.97 Å². The normalized spacial score (nSPS) is 11.6. The zero-order valence-electron chi connectivity index (χ0n) is 10.3. The molecular weight excluding hydrogens is 222 g/mol. The summed E-state index contributed by atoms with van der Waals surface area (Å²) in [6, 6.07) is 0. The lowest BCUT2D eigenvalue weighted by Gasteiger charge is -2.08. The van der Waals surface area contributed by atoms with Gasteiger partial charge in [-0.1, -0.05) is 37.7 Å². The molecule has 0 aromatic heterocycles. The number of hydrogen-bond donors (Lipinski definition) is 1. The van der Waals surface area contributed by atoms with Gasteiger partial charge in [-0.25, -0.2) is 0 Å². The van der Waals surface area contributed by atoms with E-state index in [1.54, 1.807) is 0 Å². The molecule has 0 aromatic rings. The Bertz CT molecular complexity index is 252. The molecule has 0 aliphatic heterocycles. The summed E-state index contributed by atoms with van der Waals surface area (Å²) in [5.74, 6) is -0.304. The van der Waals surface area contributed by atoms with Gasteiger partial charge in [0.25, 0.3) is 0 Å². The van der Waals surface area contributed by atoms with Gasteiger partial charge in [-0.2, -0.15) is 0 Å². The van der Waals surface area contributed by atoms with Crippen LogP contribution in [-0.4, -0.2) is 30.3 Å². The van der Waals surface area contributed by atoms with E-state index in [9.17, 15) is 9.90 Å². The molecule has 98 valence electrons. The second-order valence-electron chi connectivity index (χ2n) is 3.91. The maximum absolute atomic E-state index is 11.2. The summed E-state index contributed by atoms with van der Waals surface area (Å²) < 4.78 is 4.84. The molecule has 0 aliphatic carbocycles. The third kappa shape index (κ3) is 11.0. The SMILES string of the molecule is CCCCCCCC(=O)OCC(O)CN=[N+]=[N-]. The first-order chi connectivity index (χ1) is 8.20. The number of aliphatic hydroxyl groups is 1. The first kappa shape index (κ1) is 15.7. The molecule has 0 fully saturated rings. The molecule has 1 N–H and O–H groups in total. The molecule has 0 amide bonds. The topological polar surface area (TPSA) is 95.3 Å². The molecule has 0 saturated carbocycles. The standard InChI is InChI=1S/C11H21N3O3/c1-2-3-4-5-6-7-11(16)17-9-10(15)8-13-14-12/h10,15H,2-9H2,1H3. The van der Waals surface area contributed by atoms with Gasteiger partial charge in [0, 0.05) is 11.3 Å². The smallest absolute Gasteiger partial charge is 0.305 e. The summed E-state index contributed by atoms with van der Waals surface area (Å²) in [5.41, 5.74) is 8.02. The highest BCUT2D eigenvalue weighted by Crippen LogP contribution is 2.05. The molecule has 0 aliphatic rings. The summed E-state index contributed by atoms with van der Waals surface area (Å²) in [6.45, 7) is 1.96. The molecule has 0 bridgehead atoms. The third-order valence-electron chi connectivity index (χ3n) is 2.28. The molecule has 0 aromatic carbocycles. The number of rotatable bonds is 10. The highest BCUT2D eigenvalue weighted by atomic mass is 16.5. The molecule has 0 heterocycles. The van der Waals surface area contributed by atoms with Crippen molar-refractivity contribution in [3.8, 4) is 0 Å². The van der Waals surface area contributed by atoms with E-state index in [1.807, 2.05) is 0 Å². The van der Waals surface area contributed by atoms with Crippen LogP contribution in [0.5, 0.6) is 0 Å². The fraction of sp³-hybridized carbons (Fsp3) is 0.909. The molecule has 0 saturated heterocycles. The Hall–Kier alpha value is -1.26. The number of unbranched alkanes of at least 4 members (excludes halogenated alkanes) is 4. The van der Waals surface area contributed by atoms with Crippen molar-refractivity contribution in [2.45, 2.75) is 51.6 Å². The van der Waals surface area contributed by atoms with Gasteiger partial charge in [0.05, 0.1) is 12.6 Å². The van der Waals surface area contributed by atoms with Crippen LogP contribution in [0.4, 0.5) is 0 Å². The Morgan fingerprint density at radius 2 is 2.12 bits per heavy atom. The van der Waals surface area contributed by atoms with Gasteiger partial charge in [-0.05, 0) is 12.0 Å². The van der Waals surface area contributed by atoms with Crippen LogP contribution >= 0.6 is 0 Å². The number of esters is 1. The number of hydrogen-bond acceptors (Lipinski definition) is 4. The molecule has 1 unspecified atom stereocenters. The second-order valence-corrected chi connectivity index (χ2v) is 3.91. The summed E-state index contributed by atoms with van der Waals surface area (Å²) in [5, 5.41) is 12.4. The number of carbonyl (C=O) groups is 1. The lowest BCUT2D eigenvalue weighted by Crippen LogP contribution is -2.21. The Morgan fingerprint density at radius 1 is 1.41 bits per heavy atom. The van der Waals surface area contributed by atoms with Crippen LogP contribution in [0.1, 0.15) is 45.4 Å². The maximum Gasteiger partial charge on any atom is 0.305 e. The summed E-state index contributed by atoms with van der Waals surface area (Å²) in [7, 11) is 0. The largest absolute Gasteiger partial charge is 0.463 e.